The van der Waals surface area contributed by atoms with E-state index in [4.69, 9.17) is 4.74 Å². The molecule has 138 valence electrons. The number of nitrogens with one attached hydrogen (secondary N) is 1. The quantitative estimate of drug-likeness (QED) is 0.844. The van der Waals surface area contributed by atoms with Crippen molar-refractivity contribution < 1.29 is 9.53 Å². The number of aryl methyl sites for hydroxylation is 1. The van der Waals surface area contributed by atoms with Crippen LogP contribution in [0, 0.1) is 0 Å². The number of ether oxygens (including phenoxy) is 1. The molecule has 2 aromatic rings. The fraction of sp³-hybridized carbons (Fsp3) is 0.444. The average Bonchev–Trinajstić information content (AvgIpc) is 2.69. The highest BCUT2D eigenvalue weighted by atomic mass is 16.5. The highest BCUT2D eigenvalue weighted by Crippen LogP contribution is 2.18. The van der Waals surface area contributed by atoms with Gasteiger partial charge < -0.3 is 19.5 Å². The average molecular weight is 357 g/mol. The number of anilines is 1. The van der Waals surface area contributed by atoms with Gasteiger partial charge in [0.2, 0.25) is 5.91 Å². The Morgan fingerprint density at radius 1 is 1.46 bits per heavy atom. The van der Waals surface area contributed by atoms with E-state index < -0.39 is 0 Å². The van der Waals surface area contributed by atoms with E-state index in [0.717, 1.165) is 5.56 Å². The normalized spacial score (nSPS) is 18.4. The zero-order chi connectivity index (χ0) is 18.5. The van der Waals surface area contributed by atoms with E-state index in [1.54, 1.807) is 31.8 Å². The molecule has 3 heterocycles. The number of hydrogen-bond donors (Lipinski definition) is 1. The van der Waals surface area contributed by atoms with Gasteiger partial charge in [-0.05, 0) is 18.6 Å². The number of aromatic nitrogens is 3. The van der Waals surface area contributed by atoms with Gasteiger partial charge >= 0.3 is 0 Å². The largest absolute Gasteiger partial charge is 0.373 e. The lowest BCUT2D eigenvalue weighted by molar-refractivity contribution is -0.139. The molecular weight excluding hydrogens is 334 g/mol. The van der Waals surface area contributed by atoms with Gasteiger partial charge in [0.1, 0.15) is 0 Å². The molecule has 2 aromatic heterocycles. The molecule has 1 aliphatic rings. The van der Waals surface area contributed by atoms with Gasteiger partial charge in [0, 0.05) is 51.5 Å². The molecule has 0 saturated carbocycles. The predicted molar refractivity (Wildman–Crippen MR) is 96.9 cm³/mol. The van der Waals surface area contributed by atoms with Gasteiger partial charge in [-0.1, -0.05) is 6.07 Å². The van der Waals surface area contributed by atoms with Crippen molar-refractivity contribution in [3.05, 3.63) is 52.8 Å². The van der Waals surface area contributed by atoms with Crippen molar-refractivity contribution in [3.8, 4) is 0 Å². The molecule has 3 rings (SSSR count). The first kappa shape index (κ1) is 18.1. The van der Waals surface area contributed by atoms with Gasteiger partial charge in [0.05, 0.1) is 18.6 Å². The number of rotatable bonds is 5. The van der Waals surface area contributed by atoms with Crippen LogP contribution in [0.3, 0.4) is 0 Å². The van der Waals surface area contributed by atoms with Gasteiger partial charge in [-0.2, -0.15) is 0 Å². The lowest BCUT2D eigenvalue weighted by atomic mass is 10.0. The number of hydrogen-bond acceptors (Lipinski definition) is 6. The van der Waals surface area contributed by atoms with Crippen LogP contribution in [0.15, 0.2) is 41.7 Å². The summed E-state index contributed by atoms with van der Waals surface area (Å²) in [7, 11) is 1.67. The highest BCUT2D eigenvalue weighted by Gasteiger charge is 2.28. The van der Waals surface area contributed by atoms with Gasteiger partial charge in [-0.15, -0.1) is 0 Å². The number of morpholine rings is 1. The van der Waals surface area contributed by atoms with E-state index in [-0.39, 0.29) is 29.3 Å². The van der Waals surface area contributed by atoms with Crippen LogP contribution in [0.25, 0.3) is 0 Å². The summed E-state index contributed by atoms with van der Waals surface area (Å²) in [6.07, 6.45) is 6.39. The molecule has 1 amide bonds. The molecule has 0 bridgehead atoms. The third kappa shape index (κ3) is 4.08. The van der Waals surface area contributed by atoms with Crippen LogP contribution in [0.2, 0.25) is 0 Å². The monoisotopic (exact) mass is 357 g/mol. The zero-order valence-corrected chi connectivity index (χ0v) is 15.0. The minimum atomic E-state index is -0.251. The number of amides is 1. The summed E-state index contributed by atoms with van der Waals surface area (Å²) < 4.78 is 7.19. The van der Waals surface area contributed by atoms with E-state index >= 15 is 0 Å². The smallest absolute Gasteiger partial charge is 0.293 e. The van der Waals surface area contributed by atoms with Crippen molar-refractivity contribution in [2.45, 2.75) is 18.9 Å². The molecule has 8 nitrogen and oxygen atoms in total. The van der Waals surface area contributed by atoms with Crippen molar-refractivity contribution in [2.24, 2.45) is 7.05 Å². The summed E-state index contributed by atoms with van der Waals surface area (Å²) >= 11 is 0. The summed E-state index contributed by atoms with van der Waals surface area (Å²) in [6.45, 7) is 3.81. The second-order valence-electron chi connectivity index (χ2n) is 6.36. The second-order valence-corrected chi connectivity index (χ2v) is 6.36. The molecule has 0 radical (unpaired) electrons. The molecule has 0 unspecified atom stereocenters. The first-order chi connectivity index (χ1) is 12.6. The Kier molecular flexibility index (Phi) is 5.62. The minimum Gasteiger partial charge on any atom is -0.373 e. The SMILES string of the molecule is C[C@H](C(=O)N1CCO[C@H](CNc2nccn(C)c2=O)C1)c1cccnc1. The molecule has 1 fully saturated rings. The van der Waals surface area contributed by atoms with Gasteiger partial charge in [0.15, 0.2) is 5.82 Å². The van der Waals surface area contributed by atoms with Crippen LogP contribution in [0.5, 0.6) is 0 Å². The maximum absolute atomic E-state index is 12.8. The molecule has 1 N–H and O–H groups in total. The highest BCUT2D eigenvalue weighted by molar-refractivity contribution is 5.83. The van der Waals surface area contributed by atoms with E-state index in [1.165, 1.54) is 4.57 Å². The van der Waals surface area contributed by atoms with Crippen LogP contribution in [-0.2, 0) is 16.6 Å². The molecule has 8 heteroatoms. The summed E-state index contributed by atoms with van der Waals surface area (Å²) in [5.41, 5.74) is 0.706. The summed E-state index contributed by atoms with van der Waals surface area (Å²) in [5, 5.41) is 3.03. The molecule has 0 spiro atoms. The Bertz CT molecular complexity index is 808. The van der Waals surface area contributed by atoms with Crippen molar-refractivity contribution in [1.29, 1.82) is 0 Å². The fourth-order valence-electron chi connectivity index (χ4n) is 2.92. The van der Waals surface area contributed by atoms with Crippen molar-refractivity contribution in [1.82, 2.24) is 19.4 Å². The Balaban J connectivity index is 1.59. The maximum Gasteiger partial charge on any atom is 0.293 e. The molecular formula is C18H23N5O3. The Morgan fingerprint density at radius 3 is 3.08 bits per heavy atom. The lowest BCUT2D eigenvalue weighted by Crippen LogP contribution is -2.49. The fourth-order valence-corrected chi connectivity index (χ4v) is 2.92. The van der Waals surface area contributed by atoms with Crippen molar-refractivity contribution in [3.63, 3.8) is 0 Å². The third-order valence-electron chi connectivity index (χ3n) is 4.52. The molecule has 1 aliphatic heterocycles. The van der Waals surface area contributed by atoms with Crippen LogP contribution in [-0.4, -0.2) is 57.7 Å². The van der Waals surface area contributed by atoms with E-state index in [1.807, 2.05) is 24.0 Å². The predicted octanol–water partition coefficient (Wildman–Crippen LogP) is 0.618. The molecule has 1 saturated heterocycles. The number of carbonyl (C=O) groups is 1. The first-order valence-electron chi connectivity index (χ1n) is 8.62. The van der Waals surface area contributed by atoms with E-state index in [2.05, 4.69) is 15.3 Å². The minimum absolute atomic E-state index is 0.0556. The van der Waals surface area contributed by atoms with Crippen molar-refractivity contribution in [2.75, 3.05) is 31.6 Å². The van der Waals surface area contributed by atoms with Crippen LogP contribution < -0.4 is 10.9 Å². The van der Waals surface area contributed by atoms with Crippen LogP contribution in [0.1, 0.15) is 18.4 Å². The van der Waals surface area contributed by atoms with Crippen molar-refractivity contribution >= 4 is 11.7 Å². The van der Waals surface area contributed by atoms with Gasteiger partial charge in [-0.3, -0.25) is 14.6 Å². The molecule has 0 aliphatic carbocycles. The Labute approximate surface area is 151 Å². The third-order valence-corrected chi connectivity index (χ3v) is 4.52. The topological polar surface area (TPSA) is 89.4 Å². The Hall–Kier alpha value is -2.74. The summed E-state index contributed by atoms with van der Waals surface area (Å²) in [5.74, 6) is 0.0873. The number of pyridine rings is 1. The van der Waals surface area contributed by atoms with Gasteiger partial charge in [0.25, 0.3) is 5.56 Å². The second kappa shape index (κ2) is 8.09. The molecule has 2 atom stereocenters. The zero-order valence-electron chi connectivity index (χ0n) is 15.0. The maximum atomic E-state index is 12.8. The summed E-state index contributed by atoms with van der Waals surface area (Å²) in [4.78, 5) is 34.7. The van der Waals surface area contributed by atoms with E-state index in [0.29, 0.717) is 26.2 Å². The molecule has 26 heavy (non-hydrogen) atoms. The summed E-state index contributed by atoms with van der Waals surface area (Å²) in [6, 6.07) is 3.74. The van der Waals surface area contributed by atoms with Crippen LogP contribution >= 0.6 is 0 Å². The lowest BCUT2D eigenvalue weighted by Gasteiger charge is -2.34. The molecule has 0 aromatic carbocycles. The van der Waals surface area contributed by atoms with Crippen LogP contribution in [0.4, 0.5) is 5.82 Å². The van der Waals surface area contributed by atoms with E-state index in [9.17, 15) is 9.59 Å². The Morgan fingerprint density at radius 2 is 2.31 bits per heavy atom. The number of carbonyl (C=O) groups excluding carboxylic acids is 1. The number of nitrogens with zero attached hydrogens (tertiary/aromatic N) is 4. The standard InChI is InChI=1S/C18H23N5O3/c1-13(14-4-3-5-19-10-14)17(24)23-8-9-26-15(12-23)11-21-16-18(25)22(2)7-6-20-16/h3-7,10,13,15H,8-9,11-12H2,1-2H3,(H,20,21)/t13-,15+/m0/s1. The first-order valence-corrected chi connectivity index (χ1v) is 8.62. The van der Waals surface area contributed by atoms with Gasteiger partial charge in [-0.25, -0.2) is 4.98 Å².